The molecule has 9 heteroatoms. The molecule has 0 fully saturated rings. The molecule has 0 aliphatic heterocycles. The van der Waals surface area contributed by atoms with E-state index >= 15 is 0 Å². The molecule has 2 aromatic rings. The summed E-state index contributed by atoms with van der Waals surface area (Å²) >= 11 is 1.34. The second-order valence-electron chi connectivity index (χ2n) is 5.24. The first kappa shape index (κ1) is 17.4. The normalized spacial score (nSPS) is 12.1. The van der Waals surface area contributed by atoms with Crippen LogP contribution in [0.25, 0.3) is 0 Å². The molecule has 0 aliphatic rings. The third-order valence-corrected chi connectivity index (χ3v) is 5.85. The molecule has 0 radical (unpaired) electrons. The van der Waals surface area contributed by atoms with Crippen molar-refractivity contribution in [1.29, 1.82) is 0 Å². The monoisotopic (exact) mass is 356 g/mol. The number of carboxylic acids is 1. The Morgan fingerprint density at radius 3 is 2.61 bits per heavy atom. The molecule has 1 aromatic heterocycles. The first-order valence-electron chi connectivity index (χ1n) is 6.52. The van der Waals surface area contributed by atoms with Gasteiger partial charge in [0.15, 0.2) is 0 Å². The van der Waals surface area contributed by atoms with Crippen molar-refractivity contribution in [2.75, 3.05) is 7.11 Å². The topological polar surface area (TPSA) is 106 Å². The van der Waals surface area contributed by atoms with E-state index in [1.165, 1.54) is 36.6 Å². The maximum atomic E-state index is 12.6. The Hall–Kier alpha value is -1.97. The Balaban J connectivity index is 2.42. The Bertz CT molecular complexity index is 814. The molecule has 0 spiro atoms. The minimum absolute atomic E-state index is 0.0349. The van der Waals surface area contributed by atoms with Gasteiger partial charge in [0.2, 0.25) is 10.0 Å². The number of carboxylic acid groups (broad SMARTS) is 1. The molecule has 0 bridgehead atoms. The van der Waals surface area contributed by atoms with Gasteiger partial charge in [0.05, 0.1) is 18.2 Å². The number of rotatable bonds is 6. The van der Waals surface area contributed by atoms with Gasteiger partial charge in [-0.2, -0.15) is 4.72 Å². The molecule has 0 amide bonds. The zero-order valence-electron chi connectivity index (χ0n) is 12.7. The molecule has 124 valence electrons. The maximum Gasteiger partial charge on any atom is 0.335 e. The highest BCUT2D eigenvalue weighted by atomic mass is 32.2. The number of aromatic carboxylic acids is 1. The van der Waals surface area contributed by atoms with E-state index in [0.717, 1.165) is 0 Å². The van der Waals surface area contributed by atoms with Gasteiger partial charge in [0.1, 0.15) is 15.7 Å². The third kappa shape index (κ3) is 3.69. The van der Waals surface area contributed by atoms with Gasteiger partial charge >= 0.3 is 5.97 Å². The van der Waals surface area contributed by atoms with Crippen LogP contribution in [0.15, 0.2) is 34.7 Å². The highest BCUT2D eigenvalue weighted by molar-refractivity contribution is 7.89. The highest BCUT2D eigenvalue weighted by Gasteiger charge is 2.32. The van der Waals surface area contributed by atoms with Crippen LogP contribution in [-0.2, 0) is 15.6 Å². The first-order chi connectivity index (χ1) is 10.7. The number of thiazole rings is 1. The van der Waals surface area contributed by atoms with Gasteiger partial charge in [-0.3, -0.25) is 0 Å². The maximum absolute atomic E-state index is 12.6. The standard InChI is InChI=1S/C14H16N2O5S2/c1-14(2,13-15-6-7-22-13)16-23(19,20)11-5-4-9(12(17)18)8-10(11)21-3/h4-8,16H,1-3H3,(H,17,18). The fourth-order valence-electron chi connectivity index (χ4n) is 1.99. The number of nitrogens with zero attached hydrogens (tertiary/aromatic N) is 1. The van der Waals surface area contributed by atoms with Crippen LogP contribution in [-0.4, -0.2) is 31.6 Å². The lowest BCUT2D eigenvalue weighted by molar-refractivity contribution is 0.0696. The number of methoxy groups -OCH3 is 1. The molecule has 2 N–H and O–H groups in total. The molecule has 7 nitrogen and oxygen atoms in total. The molecule has 0 aliphatic carbocycles. The molecule has 0 saturated heterocycles. The zero-order chi connectivity index (χ0) is 17.3. The second-order valence-corrected chi connectivity index (χ2v) is 7.78. The number of sulfonamides is 1. The summed E-state index contributed by atoms with van der Waals surface area (Å²) in [6, 6.07) is 3.60. The van der Waals surface area contributed by atoms with Crippen LogP contribution < -0.4 is 9.46 Å². The highest BCUT2D eigenvalue weighted by Crippen LogP contribution is 2.29. The van der Waals surface area contributed by atoms with Crippen LogP contribution in [0.1, 0.15) is 29.2 Å². The van der Waals surface area contributed by atoms with Crippen LogP contribution in [0.2, 0.25) is 0 Å². The quantitative estimate of drug-likeness (QED) is 0.821. The van der Waals surface area contributed by atoms with Crippen molar-refractivity contribution in [2.24, 2.45) is 0 Å². The first-order valence-corrected chi connectivity index (χ1v) is 8.89. The Kier molecular flexibility index (Phi) is 4.73. The number of hydrogen-bond donors (Lipinski definition) is 2. The summed E-state index contributed by atoms with van der Waals surface area (Å²) in [4.78, 5) is 15.0. The molecule has 23 heavy (non-hydrogen) atoms. The van der Waals surface area contributed by atoms with Gasteiger partial charge in [-0.1, -0.05) is 0 Å². The average Bonchev–Trinajstić information content (AvgIpc) is 3.00. The Morgan fingerprint density at radius 2 is 2.09 bits per heavy atom. The van der Waals surface area contributed by atoms with Gasteiger partial charge in [0.25, 0.3) is 0 Å². The summed E-state index contributed by atoms with van der Waals surface area (Å²) in [5, 5.41) is 11.4. The van der Waals surface area contributed by atoms with Gasteiger partial charge in [-0.15, -0.1) is 11.3 Å². The van der Waals surface area contributed by atoms with Gasteiger partial charge in [-0.05, 0) is 32.0 Å². The SMILES string of the molecule is COc1cc(C(=O)O)ccc1S(=O)(=O)NC(C)(C)c1nccs1. The van der Waals surface area contributed by atoms with Crippen molar-refractivity contribution < 1.29 is 23.1 Å². The lowest BCUT2D eigenvalue weighted by atomic mass is 10.1. The van der Waals surface area contributed by atoms with Crippen molar-refractivity contribution in [3.8, 4) is 5.75 Å². The van der Waals surface area contributed by atoms with E-state index in [0.29, 0.717) is 5.01 Å². The van der Waals surface area contributed by atoms with E-state index in [-0.39, 0.29) is 16.2 Å². The lowest BCUT2D eigenvalue weighted by Gasteiger charge is -2.24. The predicted molar refractivity (Wildman–Crippen MR) is 85.4 cm³/mol. The van der Waals surface area contributed by atoms with E-state index in [9.17, 15) is 13.2 Å². The predicted octanol–water partition coefficient (Wildman–Crippen LogP) is 2.06. The number of aromatic nitrogens is 1. The lowest BCUT2D eigenvalue weighted by Crippen LogP contribution is -2.40. The van der Waals surface area contributed by atoms with E-state index in [4.69, 9.17) is 9.84 Å². The minimum atomic E-state index is -3.93. The number of hydrogen-bond acceptors (Lipinski definition) is 6. The summed E-state index contributed by atoms with van der Waals surface area (Å²) < 4.78 is 32.9. The summed E-state index contributed by atoms with van der Waals surface area (Å²) in [6.45, 7) is 3.39. The number of ether oxygens (including phenoxy) is 1. The largest absolute Gasteiger partial charge is 0.495 e. The molecule has 0 saturated carbocycles. The zero-order valence-corrected chi connectivity index (χ0v) is 14.4. The van der Waals surface area contributed by atoms with Crippen LogP contribution in [0.5, 0.6) is 5.75 Å². The Morgan fingerprint density at radius 1 is 1.39 bits per heavy atom. The van der Waals surface area contributed by atoms with Crippen LogP contribution in [0, 0.1) is 0 Å². The van der Waals surface area contributed by atoms with E-state index in [2.05, 4.69) is 9.71 Å². The molecule has 2 rings (SSSR count). The molecular weight excluding hydrogens is 340 g/mol. The van der Waals surface area contributed by atoms with Crippen LogP contribution in [0.3, 0.4) is 0 Å². The Labute approximate surface area is 138 Å². The van der Waals surface area contributed by atoms with Crippen LogP contribution >= 0.6 is 11.3 Å². The van der Waals surface area contributed by atoms with Gasteiger partial charge in [0, 0.05) is 11.6 Å². The number of benzene rings is 1. The number of carbonyl (C=O) groups is 1. The van der Waals surface area contributed by atoms with E-state index in [1.807, 2.05) is 0 Å². The van der Waals surface area contributed by atoms with Crippen molar-refractivity contribution in [1.82, 2.24) is 9.71 Å². The summed E-state index contributed by atoms with van der Waals surface area (Å²) in [6.07, 6.45) is 1.60. The van der Waals surface area contributed by atoms with Gasteiger partial charge in [-0.25, -0.2) is 18.2 Å². The summed E-state index contributed by atoms with van der Waals surface area (Å²) in [5.74, 6) is -1.20. The fourth-order valence-corrected chi connectivity index (χ4v) is 4.30. The molecule has 1 heterocycles. The second kappa shape index (κ2) is 6.26. The third-order valence-electron chi connectivity index (χ3n) is 3.06. The molecule has 1 aromatic carbocycles. The van der Waals surface area contributed by atoms with Gasteiger partial charge < -0.3 is 9.84 Å². The summed E-state index contributed by atoms with van der Waals surface area (Å²) in [7, 11) is -2.65. The summed E-state index contributed by atoms with van der Waals surface area (Å²) in [5.41, 5.74) is -0.969. The minimum Gasteiger partial charge on any atom is -0.495 e. The fraction of sp³-hybridized carbons (Fsp3) is 0.286. The number of nitrogens with one attached hydrogen (secondary N) is 1. The molecule has 0 unspecified atom stereocenters. The van der Waals surface area contributed by atoms with Crippen molar-refractivity contribution >= 4 is 27.3 Å². The van der Waals surface area contributed by atoms with Crippen molar-refractivity contribution in [3.05, 3.63) is 40.3 Å². The van der Waals surface area contributed by atoms with Crippen molar-refractivity contribution in [2.45, 2.75) is 24.3 Å². The average molecular weight is 356 g/mol. The molecule has 0 atom stereocenters. The van der Waals surface area contributed by atoms with Crippen LogP contribution in [0.4, 0.5) is 0 Å². The molecular formula is C14H16N2O5S2. The smallest absolute Gasteiger partial charge is 0.335 e. The van der Waals surface area contributed by atoms with E-state index < -0.39 is 21.5 Å². The van der Waals surface area contributed by atoms with Crippen molar-refractivity contribution in [3.63, 3.8) is 0 Å². The van der Waals surface area contributed by atoms with E-state index in [1.54, 1.807) is 25.4 Å².